The minimum atomic E-state index is -1.31. The van der Waals surface area contributed by atoms with Crippen molar-refractivity contribution in [2.24, 2.45) is 5.41 Å². The number of halogens is 1. The Morgan fingerprint density at radius 3 is 2.40 bits per heavy atom. The van der Waals surface area contributed by atoms with E-state index < -0.39 is 22.7 Å². The monoisotopic (exact) mass is 237 g/mol. The van der Waals surface area contributed by atoms with Crippen LogP contribution in [0.15, 0.2) is 0 Å². The zero-order chi connectivity index (χ0) is 12.1. The lowest BCUT2D eigenvalue weighted by Gasteiger charge is -2.26. The number of aliphatic hydroxyl groups excluding tert-OH is 2. The highest BCUT2D eigenvalue weighted by atomic mass is 35.5. The smallest absolute Gasteiger partial charge is 0.249 e. The molecule has 0 unspecified atom stereocenters. The Morgan fingerprint density at radius 1 is 1.47 bits per heavy atom. The molecule has 5 nitrogen and oxygen atoms in total. The third kappa shape index (κ3) is 5.11. The Bertz CT molecular complexity index is 242. The highest BCUT2D eigenvalue weighted by molar-refractivity contribution is 6.63. The van der Waals surface area contributed by atoms with Crippen molar-refractivity contribution in [1.82, 2.24) is 5.32 Å². The molecule has 88 valence electrons. The fourth-order valence-corrected chi connectivity index (χ4v) is 0.916. The number of amides is 1. The fraction of sp³-hybridized carbons (Fsp3) is 0.778. The van der Waals surface area contributed by atoms with Gasteiger partial charge in [-0.2, -0.15) is 0 Å². The van der Waals surface area contributed by atoms with Gasteiger partial charge in [-0.05, 0) is 11.6 Å². The topological polar surface area (TPSA) is 86.6 Å². The Labute approximate surface area is 93.4 Å². The molecule has 0 fully saturated rings. The van der Waals surface area contributed by atoms with Gasteiger partial charge in [-0.25, -0.2) is 0 Å². The first kappa shape index (κ1) is 14.3. The van der Waals surface area contributed by atoms with Crippen molar-refractivity contribution in [2.75, 3.05) is 13.2 Å². The molecule has 0 heterocycles. The van der Waals surface area contributed by atoms with Crippen molar-refractivity contribution in [3.63, 3.8) is 0 Å². The van der Waals surface area contributed by atoms with Crippen molar-refractivity contribution in [3.05, 3.63) is 0 Å². The Morgan fingerprint density at radius 2 is 2.00 bits per heavy atom. The minimum absolute atomic E-state index is 0.0135. The van der Waals surface area contributed by atoms with Crippen LogP contribution in [0.1, 0.15) is 20.3 Å². The van der Waals surface area contributed by atoms with Gasteiger partial charge in [0.25, 0.3) is 0 Å². The second-order valence-corrected chi connectivity index (χ2v) is 4.37. The first-order valence-corrected chi connectivity index (χ1v) is 4.94. The van der Waals surface area contributed by atoms with Gasteiger partial charge in [0.15, 0.2) is 0 Å². The molecule has 0 radical (unpaired) electrons. The molecule has 0 aliphatic carbocycles. The zero-order valence-electron chi connectivity index (χ0n) is 8.79. The van der Waals surface area contributed by atoms with E-state index in [4.69, 9.17) is 16.7 Å². The molecule has 15 heavy (non-hydrogen) atoms. The van der Waals surface area contributed by atoms with Crippen molar-refractivity contribution in [3.8, 4) is 0 Å². The van der Waals surface area contributed by atoms with E-state index in [0.717, 1.165) is 0 Å². The van der Waals surface area contributed by atoms with Crippen molar-refractivity contribution >= 4 is 22.8 Å². The molecule has 0 spiro atoms. The predicted molar refractivity (Wildman–Crippen MR) is 55.4 cm³/mol. The molecule has 3 N–H and O–H groups in total. The molecule has 0 rings (SSSR count). The quantitative estimate of drug-likeness (QED) is 0.551. The summed E-state index contributed by atoms with van der Waals surface area (Å²) in [5, 5.41) is 20.2. The minimum Gasteiger partial charge on any atom is -0.396 e. The van der Waals surface area contributed by atoms with E-state index in [0.29, 0.717) is 0 Å². The summed E-state index contributed by atoms with van der Waals surface area (Å²) in [6.07, 6.45) is -1.30. The molecule has 0 aliphatic rings. The number of aliphatic hydroxyl groups is 2. The van der Waals surface area contributed by atoms with Crippen molar-refractivity contribution in [1.29, 1.82) is 0 Å². The molecule has 0 bridgehead atoms. The average molecular weight is 238 g/mol. The van der Waals surface area contributed by atoms with E-state index in [9.17, 15) is 14.7 Å². The molecule has 0 aromatic rings. The number of hydrogen-bond donors (Lipinski definition) is 3. The van der Waals surface area contributed by atoms with Crippen LogP contribution in [0.2, 0.25) is 0 Å². The average Bonchev–Trinajstić information content (AvgIpc) is 2.15. The summed E-state index contributed by atoms with van der Waals surface area (Å²) in [6.45, 7) is 2.89. The largest absolute Gasteiger partial charge is 0.396 e. The van der Waals surface area contributed by atoms with Crippen LogP contribution in [0.3, 0.4) is 0 Å². The van der Waals surface area contributed by atoms with Crippen LogP contribution in [-0.4, -0.2) is 40.6 Å². The third-order valence-electron chi connectivity index (χ3n) is 2.02. The molecular weight excluding hydrogens is 222 g/mol. The van der Waals surface area contributed by atoms with Crippen LogP contribution in [0, 0.1) is 5.41 Å². The predicted octanol–water partition coefficient (Wildman–Crippen LogP) is -0.363. The summed E-state index contributed by atoms with van der Waals surface area (Å²) in [4.78, 5) is 21.7. The number of rotatable bonds is 6. The lowest BCUT2D eigenvalue weighted by Crippen LogP contribution is -2.45. The van der Waals surface area contributed by atoms with Gasteiger partial charge >= 0.3 is 0 Å². The Balaban J connectivity index is 4.05. The fourth-order valence-electron chi connectivity index (χ4n) is 0.822. The molecule has 0 saturated heterocycles. The van der Waals surface area contributed by atoms with Gasteiger partial charge in [0, 0.05) is 18.4 Å². The van der Waals surface area contributed by atoms with E-state index in [2.05, 4.69) is 5.32 Å². The summed E-state index contributed by atoms with van der Waals surface area (Å²) in [7, 11) is 0. The van der Waals surface area contributed by atoms with Gasteiger partial charge in [0.05, 0.1) is 6.61 Å². The summed E-state index contributed by atoms with van der Waals surface area (Å²) in [5.41, 5.74) is -0.908. The molecule has 0 aliphatic heterocycles. The molecule has 1 amide bonds. The highest BCUT2D eigenvalue weighted by Gasteiger charge is 2.32. The summed E-state index contributed by atoms with van der Waals surface area (Å²) in [5.74, 6) is -0.619. The standard InChI is InChI=1S/C9H16ClNO4/c1-9(2,5-12)7(14)8(15)11-4-3-6(10)13/h7,12,14H,3-5H2,1-2H3,(H,11,15)/t7-/m0/s1. The maximum absolute atomic E-state index is 11.3. The molecule has 0 aromatic carbocycles. The van der Waals surface area contributed by atoms with Crippen LogP contribution in [0.4, 0.5) is 0 Å². The summed E-state index contributed by atoms with van der Waals surface area (Å²) in [6, 6.07) is 0. The van der Waals surface area contributed by atoms with E-state index in [1.807, 2.05) is 0 Å². The van der Waals surface area contributed by atoms with Crippen LogP contribution in [-0.2, 0) is 9.59 Å². The summed E-state index contributed by atoms with van der Waals surface area (Å²) >= 11 is 5.07. The summed E-state index contributed by atoms with van der Waals surface area (Å²) < 4.78 is 0. The first-order chi connectivity index (χ1) is 6.81. The second-order valence-electron chi connectivity index (χ2n) is 3.95. The number of carbonyl (C=O) groups excluding carboxylic acids is 2. The maximum atomic E-state index is 11.3. The van der Waals surface area contributed by atoms with E-state index in [-0.39, 0.29) is 19.6 Å². The van der Waals surface area contributed by atoms with E-state index >= 15 is 0 Å². The molecular formula is C9H16ClNO4. The van der Waals surface area contributed by atoms with Gasteiger partial charge in [-0.15, -0.1) is 0 Å². The normalized spacial score (nSPS) is 13.4. The Kier molecular flexibility index (Phi) is 5.79. The lowest BCUT2D eigenvalue weighted by atomic mass is 9.87. The SMILES string of the molecule is CC(C)(CO)[C@@H](O)C(=O)NCCC(=O)Cl. The maximum Gasteiger partial charge on any atom is 0.249 e. The van der Waals surface area contributed by atoms with Gasteiger partial charge in [0.1, 0.15) is 6.10 Å². The van der Waals surface area contributed by atoms with Gasteiger partial charge in [-0.1, -0.05) is 13.8 Å². The van der Waals surface area contributed by atoms with E-state index in [1.165, 1.54) is 0 Å². The van der Waals surface area contributed by atoms with Crippen molar-refractivity contribution in [2.45, 2.75) is 26.4 Å². The molecule has 0 saturated carbocycles. The van der Waals surface area contributed by atoms with Crippen LogP contribution in [0.5, 0.6) is 0 Å². The number of carbonyl (C=O) groups is 2. The van der Waals surface area contributed by atoms with Crippen molar-refractivity contribution < 1.29 is 19.8 Å². The van der Waals surface area contributed by atoms with E-state index in [1.54, 1.807) is 13.8 Å². The third-order valence-corrected chi connectivity index (χ3v) is 2.21. The van der Waals surface area contributed by atoms with Gasteiger partial charge < -0.3 is 15.5 Å². The van der Waals surface area contributed by atoms with Gasteiger partial charge in [-0.3, -0.25) is 9.59 Å². The van der Waals surface area contributed by atoms with Crippen LogP contribution >= 0.6 is 11.6 Å². The number of hydrogen-bond acceptors (Lipinski definition) is 4. The lowest BCUT2D eigenvalue weighted by molar-refractivity contribution is -0.137. The molecule has 0 aromatic heterocycles. The van der Waals surface area contributed by atoms with Crippen LogP contribution < -0.4 is 5.32 Å². The highest BCUT2D eigenvalue weighted by Crippen LogP contribution is 2.19. The Hall–Kier alpha value is -0.650. The van der Waals surface area contributed by atoms with Gasteiger partial charge in [0.2, 0.25) is 11.1 Å². The molecule has 6 heteroatoms. The first-order valence-electron chi connectivity index (χ1n) is 4.56. The number of nitrogens with one attached hydrogen (secondary N) is 1. The second kappa shape index (κ2) is 6.05. The zero-order valence-corrected chi connectivity index (χ0v) is 9.54. The van der Waals surface area contributed by atoms with Crippen LogP contribution in [0.25, 0.3) is 0 Å². The molecule has 1 atom stereocenters.